The summed E-state index contributed by atoms with van der Waals surface area (Å²) in [5.74, 6) is -0.255. The van der Waals surface area contributed by atoms with Gasteiger partial charge in [0.05, 0.1) is 22.5 Å². The highest BCUT2D eigenvalue weighted by molar-refractivity contribution is 7.99. The van der Waals surface area contributed by atoms with Crippen molar-refractivity contribution < 1.29 is 4.79 Å². The maximum absolute atomic E-state index is 13.1. The van der Waals surface area contributed by atoms with Crippen molar-refractivity contribution in [3.63, 3.8) is 0 Å². The zero-order valence-electron chi connectivity index (χ0n) is 16.0. The highest BCUT2D eigenvalue weighted by Crippen LogP contribution is 2.34. The van der Waals surface area contributed by atoms with Gasteiger partial charge in [-0.1, -0.05) is 41.6 Å². The van der Waals surface area contributed by atoms with E-state index in [1.54, 1.807) is 40.0 Å². The lowest BCUT2D eigenvalue weighted by atomic mass is 10.2. The molecule has 2 aromatic carbocycles. The summed E-state index contributed by atoms with van der Waals surface area (Å²) >= 11 is 9.16. The van der Waals surface area contributed by atoms with E-state index in [0.717, 1.165) is 26.0 Å². The summed E-state index contributed by atoms with van der Waals surface area (Å²) in [4.78, 5) is 20.5. The Kier molecular flexibility index (Phi) is 5.46. The van der Waals surface area contributed by atoms with Crippen molar-refractivity contribution in [2.45, 2.75) is 9.79 Å². The van der Waals surface area contributed by atoms with E-state index < -0.39 is 0 Å². The number of anilines is 1. The van der Waals surface area contributed by atoms with Crippen LogP contribution in [0.25, 0.3) is 16.2 Å². The molecule has 0 atom stereocenters. The molecule has 1 N–H and O–H groups in total. The van der Waals surface area contributed by atoms with Crippen molar-refractivity contribution in [2.24, 2.45) is 0 Å². The second kappa shape index (κ2) is 8.55. The van der Waals surface area contributed by atoms with Crippen LogP contribution in [0.1, 0.15) is 10.4 Å². The molecule has 0 saturated heterocycles. The maximum atomic E-state index is 13.1. The van der Waals surface area contributed by atoms with Crippen LogP contribution in [-0.2, 0) is 0 Å². The fraction of sp³-hybridized carbons (Fsp3) is 0. The molecule has 0 aliphatic rings. The number of carbonyl (C=O) groups excluding carboxylic acids is 1. The first kappa shape index (κ1) is 19.8. The minimum absolute atomic E-state index is 0.255. The molecule has 8 heteroatoms. The van der Waals surface area contributed by atoms with Crippen LogP contribution >= 0.6 is 34.7 Å². The highest BCUT2D eigenvalue weighted by atomic mass is 35.5. The van der Waals surface area contributed by atoms with Gasteiger partial charge in [-0.3, -0.25) is 4.79 Å². The Labute approximate surface area is 191 Å². The van der Waals surface area contributed by atoms with E-state index in [4.69, 9.17) is 11.6 Å². The Morgan fingerprint density at radius 1 is 1.03 bits per heavy atom. The predicted molar refractivity (Wildman–Crippen MR) is 126 cm³/mol. The smallest absolute Gasteiger partial charge is 0.261 e. The molecule has 0 radical (unpaired) electrons. The van der Waals surface area contributed by atoms with Gasteiger partial charge >= 0.3 is 0 Å². The van der Waals surface area contributed by atoms with Crippen LogP contribution in [0.15, 0.2) is 94.3 Å². The summed E-state index contributed by atoms with van der Waals surface area (Å²) in [6.45, 7) is 0. The first-order chi connectivity index (χ1) is 15.2. The minimum Gasteiger partial charge on any atom is -0.321 e. The van der Waals surface area contributed by atoms with Crippen molar-refractivity contribution in [1.82, 2.24) is 14.6 Å². The van der Waals surface area contributed by atoms with E-state index in [-0.39, 0.29) is 5.91 Å². The topological polar surface area (TPSA) is 59.3 Å². The lowest BCUT2D eigenvalue weighted by Crippen LogP contribution is -2.12. The van der Waals surface area contributed by atoms with Crippen LogP contribution in [0, 0.1) is 0 Å². The monoisotopic (exact) mass is 462 g/mol. The average molecular weight is 463 g/mol. The van der Waals surface area contributed by atoms with Crippen molar-refractivity contribution in [1.29, 1.82) is 0 Å². The number of aromatic nitrogens is 3. The Balaban J connectivity index is 1.44. The fourth-order valence-corrected chi connectivity index (χ4v) is 4.90. The number of hydrogen-bond acceptors (Lipinski definition) is 5. The van der Waals surface area contributed by atoms with Gasteiger partial charge in [0.15, 0.2) is 5.65 Å². The average Bonchev–Trinajstić information content (AvgIpc) is 3.46. The maximum Gasteiger partial charge on any atom is 0.261 e. The number of benzene rings is 2. The number of nitrogens with zero attached hydrogens (tertiary/aromatic N) is 3. The molecule has 0 spiro atoms. The van der Waals surface area contributed by atoms with Crippen molar-refractivity contribution >= 4 is 51.9 Å². The van der Waals surface area contributed by atoms with Gasteiger partial charge in [0.25, 0.3) is 5.91 Å². The third-order valence-electron chi connectivity index (χ3n) is 4.60. The lowest BCUT2D eigenvalue weighted by molar-refractivity contribution is 0.102. The number of thiophene rings is 1. The number of hydrogen-bond donors (Lipinski definition) is 1. The largest absolute Gasteiger partial charge is 0.321 e. The first-order valence-electron chi connectivity index (χ1n) is 9.39. The molecule has 31 heavy (non-hydrogen) atoms. The molecular weight excluding hydrogens is 448 g/mol. The normalized spacial score (nSPS) is 11.0. The van der Waals surface area contributed by atoms with Crippen LogP contribution in [0.2, 0.25) is 5.02 Å². The zero-order chi connectivity index (χ0) is 21.2. The molecule has 5 nitrogen and oxygen atoms in total. The van der Waals surface area contributed by atoms with Gasteiger partial charge in [0, 0.05) is 21.0 Å². The van der Waals surface area contributed by atoms with Crippen LogP contribution < -0.4 is 5.32 Å². The van der Waals surface area contributed by atoms with E-state index in [1.807, 2.05) is 72.1 Å². The molecule has 0 aliphatic carbocycles. The SMILES string of the molecule is O=C(Nc1ccccc1Sc1ccc(Cl)cc1)c1cnn2c(-c3cccs3)ccnc12. The molecular formula is C23H15ClN4OS2. The van der Waals surface area contributed by atoms with E-state index in [1.165, 1.54) is 0 Å². The van der Waals surface area contributed by atoms with Gasteiger partial charge in [-0.2, -0.15) is 5.10 Å². The van der Waals surface area contributed by atoms with Crippen molar-refractivity contribution in [3.05, 3.63) is 95.1 Å². The van der Waals surface area contributed by atoms with Gasteiger partial charge in [0.1, 0.15) is 5.56 Å². The first-order valence-corrected chi connectivity index (χ1v) is 11.5. The quantitative estimate of drug-likeness (QED) is 0.323. The van der Waals surface area contributed by atoms with E-state index in [0.29, 0.717) is 16.2 Å². The number of carbonyl (C=O) groups is 1. The Hall–Kier alpha value is -3.13. The number of rotatable bonds is 5. The van der Waals surface area contributed by atoms with Crippen LogP contribution in [0.3, 0.4) is 0 Å². The van der Waals surface area contributed by atoms with Gasteiger partial charge in [-0.05, 0) is 53.9 Å². The summed E-state index contributed by atoms with van der Waals surface area (Å²) < 4.78 is 1.70. The van der Waals surface area contributed by atoms with Crippen LogP contribution in [0.5, 0.6) is 0 Å². The molecule has 3 aromatic heterocycles. The number of halogens is 1. The van der Waals surface area contributed by atoms with Crippen molar-refractivity contribution in [3.8, 4) is 10.6 Å². The number of amides is 1. The van der Waals surface area contributed by atoms with Gasteiger partial charge in [-0.25, -0.2) is 9.50 Å². The van der Waals surface area contributed by atoms with Gasteiger partial charge < -0.3 is 5.32 Å². The molecule has 0 saturated carbocycles. The highest BCUT2D eigenvalue weighted by Gasteiger charge is 2.18. The fourth-order valence-electron chi connectivity index (χ4n) is 3.14. The Bertz CT molecular complexity index is 1360. The standard InChI is InChI=1S/C23H15ClN4OS2/c24-15-7-9-16(10-8-15)31-20-5-2-1-4-18(20)27-23(29)17-14-26-28-19(11-12-25-22(17)28)21-6-3-13-30-21/h1-14H,(H,27,29). The molecule has 0 bridgehead atoms. The van der Waals surface area contributed by atoms with Crippen LogP contribution in [-0.4, -0.2) is 20.5 Å². The third kappa shape index (κ3) is 4.07. The molecule has 0 unspecified atom stereocenters. The van der Waals surface area contributed by atoms with Crippen LogP contribution in [0.4, 0.5) is 5.69 Å². The molecule has 1 amide bonds. The summed E-state index contributed by atoms with van der Waals surface area (Å²) in [6, 6.07) is 21.2. The van der Waals surface area contributed by atoms with Gasteiger partial charge in [-0.15, -0.1) is 11.3 Å². The van der Waals surface area contributed by atoms with E-state index in [2.05, 4.69) is 15.4 Å². The minimum atomic E-state index is -0.255. The summed E-state index contributed by atoms with van der Waals surface area (Å²) in [5.41, 5.74) is 2.56. The number of para-hydroxylation sites is 1. The second-order valence-electron chi connectivity index (χ2n) is 6.61. The zero-order valence-corrected chi connectivity index (χ0v) is 18.4. The molecule has 0 aliphatic heterocycles. The molecule has 5 aromatic rings. The Morgan fingerprint density at radius 2 is 1.87 bits per heavy atom. The molecule has 152 valence electrons. The van der Waals surface area contributed by atoms with E-state index >= 15 is 0 Å². The lowest BCUT2D eigenvalue weighted by Gasteiger charge is -2.10. The number of nitrogens with one attached hydrogen (secondary N) is 1. The van der Waals surface area contributed by atoms with E-state index in [9.17, 15) is 4.79 Å². The second-order valence-corrected chi connectivity index (χ2v) is 9.11. The number of fused-ring (bicyclic) bond motifs is 1. The summed E-state index contributed by atoms with van der Waals surface area (Å²) in [5, 5.41) is 10.1. The molecule has 3 heterocycles. The predicted octanol–water partition coefficient (Wildman–Crippen LogP) is 6.51. The van der Waals surface area contributed by atoms with Crippen molar-refractivity contribution in [2.75, 3.05) is 5.32 Å². The third-order valence-corrected chi connectivity index (χ3v) is 6.82. The summed E-state index contributed by atoms with van der Waals surface area (Å²) in [6.07, 6.45) is 3.26. The molecule has 0 fully saturated rings. The molecule has 5 rings (SSSR count). The summed E-state index contributed by atoms with van der Waals surface area (Å²) in [7, 11) is 0. The van der Waals surface area contributed by atoms with Gasteiger partial charge in [0.2, 0.25) is 0 Å². The Morgan fingerprint density at radius 3 is 2.68 bits per heavy atom.